The predicted molar refractivity (Wildman–Crippen MR) is 62.9 cm³/mol. The van der Waals surface area contributed by atoms with E-state index >= 15 is 0 Å². The zero-order valence-electron chi connectivity index (χ0n) is 10.4. The molecule has 0 radical (unpaired) electrons. The number of carboxylic acid groups (broad SMARTS) is 1. The molecule has 1 fully saturated rings. The van der Waals surface area contributed by atoms with Gasteiger partial charge in [-0.05, 0) is 6.92 Å². The number of nitrogens with zero attached hydrogens (tertiary/aromatic N) is 2. The number of aliphatic hydroxyl groups excluding tert-OH is 1. The number of amides is 1. The minimum atomic E-state index is -1.24. The van der Waals surface area contributed by atoms with Gasteiger partial charge in [-0.3, -0.25) is 4.79 Å². The lowest BCUT2D eigenvalue weighted by atomic mass is 10.2. The number of rotatable bonds is 3. The lowest BCUT2D eigenvalue weighted by molar-refractivity contribution is -0.0859. The Kier molecular flexibility index (Phi) is 3.82. The fraction of sp³-hybridized carbons (Fsp3) is 0.545. The summed E-state index contributed by atoms with van der Waals surface area (Å²) in [7, 11) is 0. The number of aliphatic hydroxyl groups is 1. The molecule has 8 heteroatoms. The van der Waals surface area contributed by atoms with Crippen molar-refractivity contribution in [2.45, 2.75) is 19.1 Å². The van der Waals surface area contributed by atoms with Crippen molar-refractivity contribution in [2.75, 3.05) is 19.7 Å². The van der Waals surface area contributed by atoms with Crippen molar-refractivity contribution in [3.05, 3.63) is 17.7 Å². The highest BCUT2D eigenvalue weighted by Crippen LogP contribution is 2.15. The van der Waals surface area contributed by atoms with Gasteiger partial charge in [0.1, 0.15) is 0 Å². The van der Waals surface area contributed by atoms with Gasteiger partial charge in [-0.1, -0.05) is 0 Å². The van der Waals surface area contributed by atoms with Crippen molar-refractivity contribution in [3.8, 4) is 0 Å². The number of morpholine rings is 1. The van der Waals surface area contributed by atoms with Crippen LogP contribution in [0.5, 0.6) is 0 Å². The molecule has 2 unspecified atom stereocenters. The average molecular weight is 269 g/mol. The van der Waals surface area contributed by atoms with Crippen LogP contribution in [0.4, 0.5) is 0 Å². The Hall–Kier alpha value is -1.93. The van der Waals surface area contributed by atoms with Gasteiger partial charge in [-0.15, -0.1) is 0 Å². The van der Waals surface area contributed by atoms with Gasteiger partial charge >= 0.3 is 5.97 Å². The normalized spacial score (nSPS) is 23.4. The zero-order valence-corrected chi connectivity index (χ0v) is 10.4. The molecule has 0 spiro atoms. The highest BCUT2D eigenvalue weighted by Gasteiger charge is 2.31. The topological polar surface area (TPSA) is 116 Å². The third-order valence-corrected chi connectivity index (χ3v) is 2.87. The summed E-state index contributed by atoms with van der Waals surface area (Å²) < 4.78 is 5.42. The van der Waals surface area contributed by atoms with Crippen molar-refractivity contribution >= 4 is 11.9 Å². The Morgan fingerprint density at radius 1 is 1.58 bits per heavy atom. The van der Waals surface area contributed by atoms with Crippen LogP contribution in [-0.2, 0) is 4.74 Å². The minimum absolute atomic E-state index is 0.127. The van der Waals surface area contributed by atoms with Crippen LogP contribution in [0.2, 0.25) is 0 Å². The third kappa shape index (κ3) is 2.74. The number of hydrogen-bond acceptors (Lipinski definition) is 5. The summed E-state index contributed by atoms with van der Waals surface area (Å²) in [6.07, 6.45) is 0.492. The molecule has 2 atom stereocenters. The van der Waals surface area contributed by atoms with Gasteiger partial charge in [0.2, 0.25) is 0 Å². The second kappa shape index (κ2) is 5.37. The van der Waals surface area contributed by atoms with E-state index in [0.29, 0.717) is 6.54 Å². The first-order valence-electron chi connectivity index (χ1n) is 5.85. The number of aromatic amines is 1. The molecular formula is C11H15N3O5. The summed E-state index contributed by atoms with van der Waals surface area (Å²) >= 11 is 0. The standard InChI is InChI=1S/C11H15N3O5/c1-6-2-14(3-7(4-15)19-6)10(16)8-9(11(17)18)13-5-12-8/h5-7,15H,2-4H2,1H3,(H,12,13)(H,17,18). The van der Waals surface area contributed by atoms with Gasteiger partial charge in [0, 0.05) is 13.1 Å². The van der Waals surface area contributed by atoms with Crippen molar-refractivity contribution in [1.29, 1.82) is 0 Å². The van der Waals surface area contributed by atoms with Gasteiger partial charge in [-0.25, -0.2) is 9.78 Å². The SMILES string of the molecule is CC1CN(C(=O)c2nc[nH]c2C(=O)O)CC(CO)O1. The van der Waals surface area contributed by atoms with Crippen LogP contribution in [-0.4, -0.2) is 68.9 Å². The molecule has 1 aromatic heterocycles. The van der Waals surface area contributed by atoms with E-state index in [9.17, 15) is 9.59 Å². The average Bonchev–Trinajstić information content (AvgIpc) is 2.86. The smallest absolute Gasteiger partial charge is 0.354 e. The number of hydrogen-bond donors (Lipinski definition) is 3. The Balaban J connectivity index is 2.19. The number of H-pyrrole nitrogens is 1. The van der Waals surface area contributed by atoms with E-state index in [-0.39, 0.29) is 30.6 Å². The molecule has 104 valence electrons. The molecule has 1 saturated heterocycles. The number of aromatic nitrogens is 2. The van der Waals surface area contributed by atoms with E-state index in [2.05, 4.69) is 9.97 Å². The van der Waals surface area contributed by atoms with E-state index in [1.54, 1.807) is 6.92 Å². The van der Waals surface area contributed by atoms with Crippen molar-refractivity contribution in [2.24, 2.45) is 0 Å². The van der Waals surface area contributed by atoms with Crippen LogP contribution in [0.25, 0.3) is 0 Å². The number of aromatic carboxylic acids is 1. The Morgan fingerprint density at radius 3 is 2.95 bits per heavy atom. The molecule has 1 amide bonds. The number of carboxylic acids is 1. The van der Waals surface area contributed by atoms with E-state index in [4.69, 9.17) is 14.9 Å². The van der Waals surface area contributed by atoms with Gasteiger partial charge in [0.05, 0.1) is 25.1 Å². The lowest BCUT2D eigenvalue weighted by Crippen LogP contribution is -2.50. The first kappa shape index (κ1) is 13.5. The van der Waals surface area contributed by atoms with E-state index in [1.807, 2.05) is 0 Å². The number of carbonyl (C=O) groups excluding carboxylic acids is 1. The molecule has 0 aromatic carbocycles. The molecule has 0 aliphatic carbocycles. The summed E-state index contributed by atoms with van der Waals surface area (Å²) in [5.41, 5.74) is -0.358. The number of imidazole rings is 1. The van der Waals surface area contributed by atoms with Crippen LogP contribution in [0.15, 0.2) is 6.33 Å². The summed E-state index contributed by atoms with van der Waals surface area (Å²) in [5.74, 6) is -1.71. The maximum Gasteiger partial charge on any atom is 0.354 e. The quantitative estimate of drug-likeness (QED) is 0.670. The third-order valence-electron chi connectivity index (χ3n) is 2.87. The summed E-state index contributed by atoms with van der Waals surface area (Å²) in [4.78, 5) is 30.8. The van der Waals surface area contributed by atoms with Gasteiger partial charge in [-0.2, -0.15) is 0 Å². The van der Waals surface area contributed by atoms with Crippen LogP contribution >= 0.6 is 0 Å². The number of carbonyl (C=O) groups is 2. The van der Waals surface area contributed by atoms with E-state index < -0.39 is 18.0 Å². The predicted octanol–water partition coefficient (Wildman–Crippen LogP) is -0.670. The highest BCUT2D eigenvalue weighted by atomic mass is 16.5. The molecule has 3 N–H and O–H groups in total. The maximum absolute atomic E-state index is 12.2. The number of nitrogens with one attached hydrogen (secondary N) is 1. The fourth-order valence-corrected chi connectivity index (χ4v) is 2.08. The fourth-order valence-electron chi connectivity index (χ4n) is 2.08. The van der Waals surface area contributed by atoms with E-state index in [0.717, 1.165) is 0 Å². The molecule has 1 aliphatic rings. The first-order valence-corrected chi connectivity index (χ1v) is 5.85. The van der Waals surface area contributed by atoms with Crippen molar-refractivity contribution < 1.29 is 24.5 Å². The number of ether oxygens (including phenoxy) is 1. The van der Waals surface area contributed by atoms with Crippen molar-refractivity contribution in [3.63, 3.8) is 0 Å². The highest BCUT2D eigenvalue weighted by molar-refractivity contribution is 6.02. The van der Waals surface area contributed by atoms with Gasteiger partial charge < -0.3 is 24.8 Å². The molecule has 0 bridgehead atoms. The lowest BCUT2D eigenvalue weighted by Gasteiger charge is -2.35. The summed E-state index contributed by atoms with van der Waals surface area (Å²) in [6, 6.07) is 0. The largest absolute Gasteiger partial charge is 0.477 e. The van der Waals surface area contributed by atoms with Gasteiger partial charge in [0.25, 0.3) is 5.91 Å². The second-order valence-corrected chi connectivity index (χ2v) is 4.39. The Morgan fingerprint density at radius 2 is 2.32 bits per heavy atom. The first-order chi connectivity index (χ1) is 9.02. The van der Waals surface area contributed by atoms with Crippen LogP contribution in [0, 0.1) is 0 Å². The molecule has 1 aliphatic heterocycles. The van der Waals surface area contributed by atoms with E-state index in [1.165, 1.54) is 11.2 Å². The molecule has 8 nitrogen and oxygen atoms in total. The van der Waals surface area contributed by atoms with Crippen LogP contribution < -0.4 is 0 Å². The minimum Gasteiger partial charge on any atom is -0.477 e. The molecule has 1 aromatic rings. The Bertz CT molecular complexity index is 486. The zero-order chi connectivity index (χ0) is 14.0. The molecular weight excluding hydrogens is 254 g/mol. The van der Waals surface area contributed by atoms with Crippen LogP contribution in [0.3, 0.4) is 0 Å². The maximum atomic E-state index is 12.2. The molecule has 2 rings (SSSR count). The van der Waals surface area contributed by atoms with Crippen LogP contribution in [0.1, 0.15) is 27.9 Å². The summed E-state index contributed by atoms with van der Waals surface area (Å²) in [5, 5.41) is 18.0. The molecule has 0 saturated carbocycles. The molecule has 2 heterocycles. The molecule has 19 heavy (non-hydrogen) atoms. The summed E-state index contributed by atoms with van der Waals surface area (Å²) in [6.45, 7) is 2.14. The van der Waals surface area contributed by atoms with Gasteiger partial charge in [0.15, 0.2) is 11.4 Å². The second-order valence-electron chi connectivity index (χ2n) is 4.39. The Labute approximate surface area is 109 Å². The monoisotopic (exact) mass is 269 g/mol. The van der Waals surface area contributed by atoms with Crippen molar-refractivity contribution in [1.82, 2.24) is 14.9 Å².